The molecule has 60 heavy (non-hydrogen) atoms. The van der Waals surface area contributed by atoms with Crippen molar-refractivity contribution in [2.24, 2.45) is 0 Å². The van der Waals surface area contributed by atoms with Crippen molar-refractivity contribution in [1.29, 1.82) is 0 Å². The Morgan fingerprint density at radius 1 is 0.550 bits per heavy atom. The smallest absolute Gasteiger partial charge is 0.306 e. The van der Waals surface area contributed by atoms with Crippen LogP contribution in [0.2, 0.25) is 0 Å². The highest BCUT2D eigenvalue weighted by Crippen LogP contribution is 2.24. The monoisotopic (exact) mass is 877 g/mol. The molecule has 6 atom stereocenters. The van der Waals surface area contributed by atoms with Gasteiger partial charge in [-0.1, -0.05) is 180 Å². The zero-order valence-corrected chi connectivity index (χ0v) is 38.6. The summed E-state index contributed by atoms with van der Waals surface area (Å²) in [6.07, 6.45) is 31.0. The largest absolute Gasteiger partial charge is 0.462 e. The van der Waals surface area contributed by atoms with Crippen LogP contribution in [0, 0.1) is 0 Å². The summed E-state index contributed by atoms with van der Waals surface area (Å²) in [6.45, 7) is 3.77. The van der Waals surface area contributed by atoms with Crippen LogP contribution in [-0.4, -0.2) is 96.0 Å². The van der Waals surface area contributed by atoms with E-state index < -0.39 is 71.2 Å². The van der Waals surface area contributed by atoms with Crippen molar-refractivity contribution < 1.29 is 56.8 Å². The van der Waals surface area contributed by atoms with Crippen LogP contribution in [0.4, 0.5) is 0 Å². The molecule has 1 saturated heterocycles. The minimum Gasteiger partial charge on any atom is -0.462 e. The maximum absolute atomic E-state index is 12.8. The summed E-state index contributed by atoms with van der Waals surface area (Å²) in [6, 6.07) is 0. The van der Waals surface area contributed by atoms with Gasteiger partial charge in [0.1, 0.15) is 36.8 Å². The van der Waals surface area contributed by atoms with Crippen LogP contribution >= 0.6 is 0 Å². The maximum Gasteiger partial charge on any atom is 0.306 e. The first-order valence-corrected chi connectivity index (χ1v) is 25.9. The van der Waals surface area contributed by atoms with E-state index in [0.717, 1.165) is 38.5 Å². The lowest BCUT2D eigenvalue weighted by Crippen LogP contribution is -2.60. The van der Waals surface area contributed by atoms with Crippen LogP contribution in [0.15, 0.2) is 12.2 Å². The molecular weight excluding hydrogens is 789 g/mol. The van der Waals surface area contributed by atoms with E-state index in [0.29, 0.717) is 12.8 Å². The third kappa shape index (κ3) is 32.1. The molecule has 13 heteroatoms. The molecule has 0 spiro atoms. The molecule has 0 aliphatic carbocycles. The summed E-state index contributed by atoms with van der Waals surface area (Å²) in [5, 5.41) is 30.9. The second kappa shape index (κ2) is 37.9. The summed E-state index contributed by atoms with van der Waals surface area (Å²) in [7, 11) is -4.60. The highest BCUT2D eigenvalue weighted by atomic mass is 32.2. The van der Waals surface area contributed by atoms with Crippen molar-refractivity contribution >= 4 is 22.1 Å². The predicted molar refractivity (Wildman–Crippen MR) is 238 cm³/mol. The summed E-state index contributed by atoms with van der Waals surface area (Å²) in [5.41, 5.74) is 0. The van der Waals surface area contributed by atoms with Crippen molar-refractivity contribution in [3.8, 4) is 0 Å². The van der Waals surface area contributed by atoms with Crippen LogP contribution in [0.1, 0.15) is 219 Å². The number of carbonyl (C=O) groups is 2. The first kappa shape index (κ1) is 56.4. The van der Waals surface area contributed by atoms with Gasteiger partial charge in [-0.2, -0.15) is 8.42 Å². The molecule has 0 aromatic heterocycles. The topological polar surface area (TPSA) is 186 Å². The van der Waals surface area contributed by atoms with Gasteiger partial charge in [0.25, 0.3) is 10.1 Å². The molecule has 1 rings (SSSR count). The van der Waals surface area contributed by atoms with Gasteiger partial charge in [0.2, 0.25) is 0 Å². The number of rotatable bonds is 41. The van der Waals surface area contributed by atoms with Crippen LogP contribution in [-0.2, 0) is 38.7 Å². The molecule has 12 nitrogen and oxygen atoms in total. The Kier molecular flexibility index (Phi) is 35.6. The summed E-state index contributed by atoms with van der Waals surface area (Å²) in [5.74, 6) is -1.97. The van der Waals surface area contributed by atoms with Gasteiger partial charge in [0, 0.05) is 12.8 Å². The van der Waals surface area contributed by atoms with Crippen molar-refractivity contribution in [3.05, 3.63) is 12.2 Å². The van der Waals surface area contributed by atoms with Gasteiger partial charge in [-0.3, -0.25) is 14.1 Å². The third-order valence-corrected chi connectivity index (χ3v) is 12.1. The molecule has 354 valence electrons. The number of ether oxygens (including phenoxy) is 4. The van der Waals surface area contributed by atoms with Crippen molar-refractivity contribution in [3.63, 3.8) is 0 Å². The number of carbonyl (C=O) groups excluding carboxylic acids is 2. The molecule has 1 fully saturated rings. The van der Waals surface area contributed by atoms with Crippen LogP contribution < -0.4 is 0 Å². The van der Waals surface area contributed by atoms with Crippen molar-refractivity contribution in [2.45, 2.75) is 256 Å². The standard InChI is InChI=1S/C47H88O12S/c1-3-5-7-9-11-13-15-17-19-20-22-23-25-27-29-31-33-35-42(48)56-37-40(38-57-47-46(52)45(51)44(50)41(59-47)39-60(53,54)55)58-43(49)36-34-32-30-28-26-24-21-18-16-14-12-10-8-6-4-2/h13,15,40-41,44-47,50-52H,3-12,14,16-39H2,1-2H3,(H,53,54,55)/b15-13+/t40-,41-,44-,45?,46?,47+/m1/s1. The van der Waals surface area contributed by atoms with E-state index in [4.69, 9.17) is 18.9 Å². The molecule has 1 aliphatic rings. The summed E-state index contributed by atoms with van der Waals surface area (Å²) >= 11 is 0. The SMILES string of the molecule is CCCCCC/C=C/CCCCCCCCCCCC(=O)OC[C@H](CO[C@H]1O[C@H](CS(=O)(=O)O)[C@@H](O)C(O)C1O)OC(=O)CCCCCCCCCCCCCCCCC. The number of aliphatic hydroxyl groups excluding tert-OH is 3. The summed E-state index contributed by atoms with van der Waals surface area (Å²) < 4.78 is 54.1. The minimum atomic E-state index is -4.60. The van der Waals surface area contributed by atoms with E-state index in [2.05, 4.69) is 26.0 Å². The van der Waals surface area contributed by atoms with Crippen LogP contribution in [0.3, 0.4) is 0 Å². The fraction of sp³-hybridized carbons (Fsp3) is 0.915. The lowest BCUT2D eigenvalue weighted by molar-refractivity contribution is -0.297. The highest BCUT2D eigenvalue weighted by Gasteiger charge is 2.46. The zero-order chi connectivity index (χ0) is 44.1. The lowest BCUT2D eigenvalue weighted by Gasteiger charge is -2.40. The van der Waals surface area contributed by atoms with Gasteiger partial charge < -0.3 is 34.3 Å². The number of unbranched alkanes of at least 4 members (excludes halogenated alkanes) is 27. The number of esters is 2. The Balaban J connectivity index is 2.40. The van der Waals surface area contributed by atoms with Gasteiger partial charge in [0.15, 0.2) is 12.4 Å². The zero-order valence-electron chi connectivity index (χ0n) is 37.8. The van der Waals surface area contributed by atoms with Gasteiger partial charge in [-0.15, -0.1) is 0 Å². The van der Waals surface area contributed by atoms with Gasteiger partial charge in [0.05, 0.1) is 6.61 Å². The molecule has 0 radical (unpaired) electrons. The number of allylic oxidation sites excluding steroid dienone is 2. The second-order valence-electron chi connectivity index (χ2n) is 17.1. The van der Waals surface area contributed by atoms with Crippen molar-refractivity contribution in [2.75, 3.05) is 19.0 Å². The number of aliphatic hydroxyl groups is 3. The quantitative estimate of drug-likeness (QED) is 0.0197. The Morgan fingerprint density at radius 3 is 1.40 bits per heavy atom. The minimum absolute atomic E-state index is 0.170. The average molecular weight is 877 g/mol. The number of hydrogen-bond acceptors (Lipinski definition) is 11. The molecular formula is C47H88O12S. The first-order chi connectivity index (χ1) is 29.0. The van der Waals surface area contributed by atoms with Crippen LogP contribution in [0.25, 0.3) is 0 Å². The van der Waals surface area contributed by atoms with Gasteiger partial charge >= 0.3 is 11.9 Å². The Hall–Kier alpha value is -1.61. The van der Waals surface area contributed by atoms with E-state index in [1.807, 2.05) is 0 Å². The van der Waals surface area contributed by atoms with Gasteiger partial charge in [-0.05, 0) is 38.5 Å². The van der Waals surface area contributed by atoms with Crippen LogP contribution in [0.5, 0.6) is 0 Å². The normalized spacial score (nSPS) is 20.1. The molecule has 0 amide bonds. The van der Waals surface area contributed by atoms with E-state index in [1.54, 1.807) is 0 Å². The predicted octanol–water partition coefficient (Wildman–Crippen LogP) is 10.2. The van der Waals surface area contributed by atoms with E-state index in [-0.39, 0.29) is 19.4 Å². The molecule has 2 unspecified atom stereocenters. The fourth-order valence-electron chi connectivity index (χ4n) is 7.56. The van der Waals surface area contributed by atoms with Gasteiger partial charge in [-0.25, -0.2) is 0 Å². The molecule has 4 N–H and O–H groups in total. The average Bonchev–Trinajstić information content (AvgIpc) is 3.21. The molecule has 0 bridgehead atoms. The molecule has 1 aliphatic heterocycles. The Bertz CT molecular complexity index is 1170. The second-order valence-corrected chi connectivity index (χ2v) is 18.6. The third-order valence-electron chi connectivity index (χ3n) is 11.3. The lowest BCUT2D eigenvalue weighted by atomic mass is 10.00. The molecule has 0 saturated carbocycles. The molecule has 0 aromatic rings. The molecule has 1 heterocycles. The number of hydrogen-bond donors (Lipinski definition) is 4. The van der Waals surface area contributed by atoms with E-state index >= 15 is 0 Å². The maximum atomic E-state index is 12.8. The molecule has 0 aromatic carbocycles. The van der Waals surface area contributed by atoms with E-state index in [1.165, 1.54) is 141 Å². The highest BCUT2D eigenvalue weighted by molar-refractivity contribution is 7.85. The Labute approximate surface area is 365 Å². The summed E-state index contributed by atoms with van der Waals surface area (Å²) in [4.78, 5) is 25.4. The van der Waals surface area contributed by atoms with Crippen molar-refractivity contribution in [1.82, 2.24) is 0 Å². The first-order valence-electron chi connectivity index (χ1n) is 24.2. The van der Waals surface area contributed by atoms with E-state index in [9.17, 15) is 37.9 Å². The fourth-order valence-corrected chi connectivity index (χ4v) is 8.25. The Morgan fingerprint density at radius 2 is 0.950 bits per heavy atom.